The molecule has 6 heteroatoms. The van der Waals surface area contributed by atoms with Crippen LogP contribution in [0.4, 0.5) is 4.79 Å². The van der Waals surface area contributed by atoms with Gasteiger partial charge in [0, 0.05) is 5.56 Å². The van der Waals surface area contributed by atoms with Crippen LogP contribution < -0.4 is 10.1 Å². The number of benzene rings is 2. The zero-order chi connectivity index (χ0) is 16.2. The van der Waals surface area contributed by atoms with Crippen molar-refractivity contribution in [3.63, 3.8) is 0 Å². The highest BCUT2D eigenvalue weighted by Crippen LogP contribution is 2.25. The van der Waals surface area contributed by atoms with E-state index in [0.29, 0.717) is 23.5 Å². The van der Waals surface area contributed by atoms with Gasteiger partial charge in [-0.25, -0.2) is 0 Å². The van der Waals surface area contributed by atoms with Gasteiger partial charge in [-0.3, -0.25) is 19.7 Å². The molecule has 0 spiro atoms. The number of rotatable bonds is 5. The number of carbonyl (C=O) groups excluding carboxylic acids is 3. The van der Waals surface area contributed by atoms with Crippen molar-refractivity contribution in [2.45, 2.75) is 11.7 Å². The Morgan fingerprint density at radius 3 is 2.13 bits per heavy atom. The highest BCUT2D eigenvalue weighted by molar-refractivity contribution is 8.15. The van der Waals surface area contributed by atoms with Crippen LogP contribution in [0.2, 0.25) is 0 Å². The summed E-state index contributed by atoms with van der Waals surface area (Å²) < 4.78 is 5.69. The lowest BCUT2D eigenvalue weighted by Gasteiger charge is -2.08. The first-order valence-electron chi connectivity index (χ1n) is 6.97. The quantitative estimate of drug-likeness (QED) is 0.854. The lowest BCUT2D eigenvalue weighted by atomic mass is 10.1. The second kappa shape index (κ2) is 6.66. The molecule has 5 nitrogen and oxygen atoms in total. The molecule has 0 radical (unpaired) electrons. The van der Waals surface area contributed by atoms with Crippen molar-refractivity contribution < 1.29 is 19.1 Å². The molecular weight excluding hydrogens is 314 g/mol. The van der Waals surface area contributed by atoms with E-state index in [-0.39, 0.29) is 16.4 Å². The molecule has 2 aromatic rings. The summed E-state index contributed by atoms with van der Waals surface area (Å²) >= 11 is 1.02. The van der Waals surface area contributed by atoms with Crippen LogP contribution in [0.25, 0.3) is 0 Å². The lowest BCUT2D eigenvalue weighted by molar-refractivity contribution is -0.118. The van der Waals surface area contributed by atoms with E-state index < -0.39 is 0 Å². The third kappa shape index (κ3) is 3.78. The molecule has 1 unspecified atom stereocenters. The minimum absolute atomic E-state index is 0.240. The molecule has 2 amide bonds. The molecular formula is C17H13NO4S. The number of aldehydes is 1. The number of ether oxygens (including phenoxy) is 1. The highest BCUT2D eigenvalue weighted by atomic mass is 32.2. The maximum Gasteiger partial charge on any atom is 0.286 e. The van der Waals surface area contributed by atoms with Crippen molar-refractivity contribution >= 4 is 29.2 Å². The molecule has 1 saturated heterocycles. The van der Waals surface area contributed by atoms with Gasteiger partial charge < -0.3 is 4.74 Å². The largest absolute Gasteiger partial charge is 0.457 e. The standard InChI is InChI=1S/C17H13NO4S/c19-10-12-3-7-14(8-4-12)22-13-5-1-11(2-6-13)9-15-16(20)18-17(21)23-15/h1-8,10,15H,9H2,(H,18,20,21). The van der Waals surface area contributed by atoms with Crippen LogP contribution >= 0.6 is 11.8 Å². The van der Waals surface area contributed by atoms with E-state index in [1.54, 1.807) is 24.3 Å². The summed E-state index contributed by atoms with van der Waals surface area (Å²) in [5.74, 6) is 1.06. The zero-order valence-corrected chi connectivity index (χ0v) is 12.8. The second-order valence-electron chi connectivity index (χ2n) is 5.02. The first-order chi connectivity index (χ1) is 11.1. The summed E-state index contributed by atoms with van der Waals surface area (Å²) in [7, 11) is 0. The lowest BCUT2D eigenvalue weighted by Crippen LogP contribution is -2.25. The van der Waals surface area contributed by atoms with E-state index >= 15 is 0 Å². The predicted octanol–water partition coefficient (Wildman–Crippen LogP) is 3.19. The fraction of sp³-hybridized carbons (Fsp3) is 0.118. The summed E-state index contributed by atoms with van der Waals surface area (Å²) in [4.78, 5) is 33.3. The summed E-state index contributed by atoms with van der Waals surface area (Å²) in [6.45, 7) is 0. The molecule has 1 aliphatic rings. The normalized spacial score (nSPS) is 17.0. The van der Waals surface area contributed by atoms with Crippen LogP contribution in [0.15, 0.2) is 48.5 Å². The average Bonchev–Trinajstić information content (AvgIpc) is 2.87. The van der Waals surface area contributed by atoms with Crippen molar-refractivity contribution in [3.8, 4) is 11.5 Å². The molecule has 2 aromatic carbocycles. The predicted molar refractivity (Wildman–Crippen MR) is 87.0 cm³/mol. The first kappa shape index (κ1) is 15.3. The number of carbonyl (C=O) groups is 3. The van der Waals surface area contributed by atoms with Gasteiger partial charge in [0.05, 0.1) is 5.25 Å². The van der Waals surface area contributed by atoms with E-state index in [9.17, 15) is 14.4 Å². The van der Waals surface area contributed by atoms with Crippen LogP contribution in [-0.2, 0) is 11.2 Å². The smallest absolute Gasteiger partial charge is 0.286 e. The number of amides is 2. The fourth-order valence-electron chi connectivity index (χ4n) is 2.19. The Balaban J connectivity index is 1.63. The Morgan fingerprint density at radius 1 is 1.00 bits per heavy atom. The molecule has 0 aliphatic carbocycles. The molecule has 1 fully saturated rings. The van der Waals surface area contributed by atoms with Crippen molar-refractivity contribution in [2.24, 2.45) is 0 Å². The van der Waals surface area contributed by atoms with E-state index in [4.69, 9.17) is 4.74 Å². The Morgan fingerprint density at radius 2 is 1.61 bits per heavy atom. The molecule has 1 atom stereocenters. The maximum atomic E-state index is 11.5. The van der Waals surface area contributed by atoms with Crippen molar-refractivity contribution in [1.82, 2.24) is 5.32 Å². The van der Waals surface area contributed by atoms with Crippen molar-refractivity contribution in [1.29, 1.82) is 0 Å². The minimum Gasteiger partial charge on any atom is -0.457 e. The van der Waals surface area contributed by atoms with Gasteiger partial charge in [0.2, 0.25) is 5.91 Å². The van der Waals surface area contributed by atoms with Crippen LogP contribution in [0.5, 0.6) is 11.5 Å². The van der Waals surface area contributed by atoms with E-state index in [1.807, 2.05) is 24.3 Å². The molecule has 0 saturated carbocycles. The highest BCUT2D eigenvalue weighted by Gasteiger charge is 2.31. The van der Waals surface area contributed by atoms with Gasteiger partial charge in [-0.15, -0.1) is 0 Å². The maximum absolute atomic E-state index is 11.5. The van der Waals surface area contributed by atoms with Gasteiger partial charge >= 0.3 is 0 Å². The summed E-state index contributed by atoms with van der Waals surface area (Å²) in [5, 5.41) is 1.61. The Labute approximate surface area is 137 Å². The molecule has 1 N–H and O–H groups in total. The molecule has 116 valence electrons. The van der Waals surface area contributed by atoms with Crippen LogP contribution in [0.1, 0.15) is 15.9 Å². The second-order valence-corrected chi connectivity index (χ2v) is 6.20. The van der Waals surface area contributed by atoms with Gasteiger partial charge in [-0.2, -0.15) is 0 Å². The first-order valence-corrected chi connectivity index (χ1v) is 7.85. The summed E-state index contributed by atoms with van der Waals surface area (Å²) in [6.07, 6.45) is 1.27. The molecule has 0 bridgehead atoms. The topological polar surface area (TPSA) is 72.5 Å². The third-order valence-corrected chi connectivity index (χ3v) is 4.34. The van der Waals surface area contributed by atoms with E-state index in [0.717, 1.165) is 23.6 Å². The van der Waals surface area contributed by atoms with Gasteiger partial charge in [-0.1, -0.05) is 23.9 Å². The van der Waals surface area contributed by atoms with Crippen molar-refractivity contribution in [3.05, 3.63) is 59.7 Å². The van der Waals surface area contributed by atoms with Gasteiger partial charge in [0.25, 0.3) is 5.24 Å². The number of imide groups is 1. The number of hydrogen-bond donors (Lipinski definition) is 1. The SMILES string of the molecule is O=Cc1ccc(Oc2ccc(CC3SC(=O)NC3=O)cc2)cc1. The molecule has 1 heterocycles. The average molecular weight is 327 g/mol. The summed E-state index contributed by atoms with van der Waals surface area (Å²) in [5.41, 5.74) is 1.55. The zero-order valence-electron chi connectivity index (χ0n) is 12.0. The van der Waals surface area contributed by atoms with Gasteiger partial charge in [-0.05, 0) is 48.4 Å². The third-order valence-electron chi connectivity index (χ3n) is 3.36. The number of thioether (sulfide) groups is 1. The Hall–Kier alpha value is -2.60. The Kier molecular flexibility index (Phi) is 4.43. The fourth-order valence-corrected chi connectivity index (χ4v) is 3.05. The van der Waals surface area contributed by atoms with E-state index in [2.05, 4.69) is 5.32 Å². The Bertz CT molecular complexity index is 740. The number of nitrogens with one attached hydrogen (secondary N) is 1. The number of hydrogen-bond acceptors (Lipinski definition) is 5. The van der Waals surface area contributed by atoms with Crippen LogP contribution in [0, 0.1) is 0 Å². The molecule has 1 aliphatic heterocycles. The van der Waals surface area contributed by atoms with Crippen LogP contribution in [0.3, 0.4) is 0 Å². The molecule has 3 rings (SSSR count). The van der Waals surface area contributed by atoms with Gasteiger partial charge in [0.15, 0.2) is 0 Å². The molecule has 23 heavy (non-hydrogen) atoms. The molecule has 0 aromatic heterocycles. The van der Waals surface area contributed by atoms with E-state index in [1.165, 1.54) is 0 Å². The summed E-state index contributed by atoms with van der Waals surface area (Å²) in [6, 6.07) is 14.2. The monoisotopic (exact) mass is 327 g/mol. The van der Waals surface area contributed by atoms with Crippen molar-refractivity contribution in [2.75, 3.05) is 0 Å². The van der Waals surface area contributed by atoms with Crippen LogP contribution in [-0.4, -0.2) is 22.7 Å². The minimum atomic E-state index is -0.370. The van der Waals surface area contributed by atoms with Gasteiger partial charge in [0.1, 0.15) is 17.8 Å².